The number of carbonyl (C=O) groups is 1. The van der Waals surface area contributed by atoms with Gasteiger partial charge in [-0.3, -0.25) is 10.2 Å². The van der Waals surface area contributed by atoms with Crippen molar-refractivity contribution in [2.24, 2.45) is 4.99 Å². The minimum Gasteiger partial charge on any atom is -0.454 e. The number of benzene rings is 4. The molecule has 0 aliphatic rings. The number of carbonyl (C=O) groups excluding carboxylic acids is 1. The maximum absolute atomic E-state index is 14.5. The van der Waals surface area contributed by atoms with Crippen LogP contribution < -0.4 is 10.9 Å². The van der Waals surface area contributed by atoms with Crippen molar-refractivity contribution in [3.05, 3.63) is 136 Å². The van der Waals surface area contributed by atoms with Gasteiger partial charge >= 0.3 is 0 Å². The van der Waals surface area contributed by atoms with Gasteiger partial charge in [-0.1, -0.05) is 83.5 Å². The Morgan fingerprint density at radius 2 is 1.70 bits per heavy atom. The summed E-state index contributed by atoms with van der Waals surface area (Å²) in [6, 6.07) is 30.4. The Bertz CT molecular complexity index is 1940. The first-order chi connectivity index (χ1) is 21.4. The highest BCUT2D eigenvalue weighted by Gasteiger charge is 2.17. The molecule has 0 aliphatic heterocycles. The average Bonchev–Trinajstić information content (AvgIpc) is 3.67. The normalized spacial score (nSPS) is 11.7. The maximum Gasteiger partial charge on any atom is 0.176 e. The van der Waals surface area contributed by atoms with Crippen molar-refractivity contribution in [2.45, 2.75) is 6.54 Å². The number of nitrogens with one attached hydrogen (secondary N) is 2. The Hall–Kier alpha value is -4.41. The molecule has 4 aromatic carbocycles. The Balaban J connectivity index is 1.24. The van der Waals surface area contributed by atoms with Crippen molar-refractivity contribution in [3.63, 3.8) is 0 Å². The maximum atomic E-state index is 14.5. The van der Waals surface area contributed by atoms with Gasteiger partial charge < -0.3 is 4.42 Å². The molecule has 2 aromatic heterocycles. The smallest absolute Gasteiger partial charge is 0.176 e. The molecule has 0 radical (unpaired) electrons. The van der Waals surface area contributed by atoms with Gasteiger partial charge in [-0.2, -0.15) is 5.10 Å². The highest BCUT2D eigenvalue weighted by molar-refractivity contribution is 8.14. The number of aromatic nitrogens is 2. The summed E-state index contributed by atoms with van der Waals surface area (Å²) in [6.45, 7) is 0.302. The van der Waals surface area contributed by atoms with E-state index in [2.05, 4.69) is 15.8 Å². The molecule has 0 aliphatic carbocycles. The summed E-state index contributed by atoms with van der Waals surface area (Å²) < 4.78 is 22.4. The molecule has 2 heterocycles. The largest absolute Gasteiger partial charge is 0.454 e. The number of hydrogen-bond donors (Lipinski definition) is 2. The third-order valence-corrected chi connectivity index (χ3v) is 8.21. The number of fused-ring (bicyclic) bond motifs is 1. The summed E-state index contributed by atoms with van der Waals surface area (Å²) in [4.78, 5) is 17.4. The van der Waals surface area contributed by atoms with E-state index < -0.39 is 5.82 Å². The van der Waals surface area contributed by atoms with Gasteiger partial charge in [0.15, 0.2) is 16.7 Å². The van der Waals surface area contributed by atoms with E-state index in [1.807, 2.05) is 66.9 Å². The van der Waals surface area contributed by atoms with Crippen molar-refractivity contribution in [2.75, 3.05) is 5.75 Å². The van der Waals surface area contributed by atoms with E-state index >= 15 is 0 Å². The summed E-state index contributed by atoms with van der Waals surface area (Å²) in [5.41, 5.74) is 9.91. The molecule has 0 saturated heterocycles. The second-order valence-corrected chi connectivity index (χ2v) is 11.4. The quantitative estimate of drug-likeness (QED) is 0.0710. The molecule has 7 nitrogen and oxygen atoms in total. The van der Waals surface area contributed by atoms with Crippen LogP contribution in [-0.2, 0) is 6.54 Å². The molecule has 11 heteroatoms. The lowest BCUT2D eigenvalue weighted by Gasteiger charge is -2.11. The number of rotatable bonds is 9. The highest BCUT2D eigenvalue weighted by Crippen LogP contribution is 2.30. The first-order valence-electron chi connectivity index (χ1n) is 13.5. The number of amidine groups is 1. The van der Waals surface area contributed by atoms with Crippen molar-refractivity contribution in [3.8, 4) is 17.1 Å². The molecule has 0 saturated carbocycles. The third kappa shape index (κ3) is 6.87. The first-order valence-corrected chi connectivity index (χ1v) is 15.2. The van der Waals surface area contributed by atoms with Crippen LogP contribution in [0, 0.1) is 5.82 Å². The Morgan fingerprint density at radius 1 is 0.932 bits per heavy atom. The molecular weight excluding hydrogens is 620 g/mol. The molecule has 0 fully saturated rings. The standard InChI is InChI=1S/C33H24Cl2FN5O2S/c34-25-15-14-21(16-26(25)35)29(42)20-44-33(38-28-12-6-5-11-27(28)36)39-37-18-23-19-41(24-9-2-1-3-10-24)40-32(23)31-17-22-8-4-7-13-30(22)43-31/h1-17,19,37H,18,20H2,(H,38,39). The molecule has 6 rings (SSSR count). The summed E-state index contributed by atoms with van der Waals surface area (Å²) in [7, 11) is 0. The number of furan rings is 1. The monoisotopic (exact) mass is 643 g/mol. The predicted octanol–water partition coefficient (Wildman–Crippen LogP) is 8.63. The second kappa shape index (κ2) is 13.5. The number of hydrazine groups is 1. The predicted molar refractivity (Wildman–Crippen MR) is 175 cm³/mol. The molecule has 0 bridgehead atoms. The van der Waals surface area contributed by atoms with E-state index in [1.54, 1.807) is 35.0 Å². The van der Waals surface area contributed by atoms with Crippen molar-refractivity contribution < 1.29 is 13.6 Å². The van der Waals surface area contributed by atoms with Crippen LogP contribution in [0.15, 0.2) is 119 Å². The Labute approximate surface area is 266 Å². The van der Waals surface area contributed by atoms with Gasteiger partial charge in [-0.05, 0) is 54.6 Å². The van der Waals surface area contributed by atoms with Gasteiger partial charge in [0.1, 0.15) is 22.8 Å². The minimum atomic E-state index is -0.487. The number of Topliss-reactive ketones (excluding diaryl/α,β-unsaturated/α-hetero) is 1. The molecule has 0 atom stereocenters. The molecule has 2 N–H and O–H groups in total. The Morgan fingerprint density at radius 3 is 2.50 bits per heavy atom. The SMILES string of the molecule is O=C(CSC(=Nc1ccccc1F)NNCc1cn(-c2ccccc2)nc1-c1cc2ccccc2o1)c1ccc(Cl)c(Cl)c1. The summed E-state index contributed by atoms with van der Waals surface area (Å²) >= 11 is 13.2. The van der Waals surface area contributed by atoms with Crippen LogP contribution in [0.25, 0.3) is 28.1 Å². The molecule has 44 heavy (non-hydrogen) atoms. The minimum absolute atomic E-state index is 0.0239. The van der Waals surface area contributed by atoms with Gasteiger partial charge in [0, 0.05) is 29.3 Å². The molecule has 0 spiro atoms. The fourth-order valence-electron chi connectivity index (χ4n) is 4.41. The third-order valence-electron chi connectivity index (χ3n) is 6.60. The fraction of sp³-hybridized carbons (Fsp3) is 0.0606. The first kappa shape index (κ1) is 29.7. The molecule has 0 unspecified atom stereocenters. The lowest BCUT2D eigenvalue weighted by molar-refractivity contribution is 0.102. The van der Waals surface area contributed by atoms with Crippen LogP contribution in [0.3, 0.4) is 0 Å². The molecule has 0 amide bonds. The molecule has 220 valence electrons. The van der Waals surface area contributed by atoms with Crippen LogP contribution in [0.4, 0.5) is 10.1 Å². The van der Waals surface area contributed by atoms with Crippen molar-refractivity contribution in [1.29, 1.82) is 0 Å². The van der Waals surface area contributed by atoms with Gasteiger partial charge in [0.25, 0.3) is 0 Å². The van der Waals surface area contributed by atoms with Crippen LogP contribution in [0.1, 0.15) is 15.9 Å². The van der Waals surface area contributed by atoms with Gasteiger partial charge in [-0.15, -0.1) is 0 Å². The van der Waals surface area contributed by atoms with E-state index in [0.717, 1.165) is 34.0 Å². The zero-order chi connectivity index (χ0) is 30.5. The Kier molecular flexibility index (Phi) is 9.09. The highest BCUT2D eigenvalue weighted by atomic mass is 35.5. The van der Waals surface area contributed by atoms with E-state index in [9.17, 15) is 9.18 Å². The van der Waals surface area contributed by atoms with Crippen LogP contribution in [0.5, 0.6) is 0 Å². The van der Waals surface area contributed by atoms with Gasteiger partial charge in [0.2, 0.25) is 0 Å². The zero-order valence-corrected chi connectivity index (χ0v) is 25.3. The van der Waals surface area contributed by atoms with Gasteiger partial charge in [0.05, 0.1) is 21.5 Å². The van der Waals surface area contributed by atoms with Crippen LogP contribution in [0.2, 0.25) is 10.0 Å². The number of nitrogens with zero attached hydrogens (tertiary/aromatic N) is 3. The van der Waals surface area contributed by atoms with Crippen LogP contribution in [-0.4, -0.2) is 26.5 Å². The number of para-hydroxylation sites is 3. The van der Waals surface area contributed by atoms with Crippen LogP contribution >= 0.6 is 35.0 Å². The zero-order valence-electron chi connectivity index (χ0n) is 23.0. The molecule has 6 aromatic rings. The number of thioether (sulfide) groups is 1. The number of hydrogen-bond acceptors (Lipinski definition) is 6. The van der Waals surface area contributed by atoms with E-state index in [1.165, 1.54) is 12.1 Å². The van der Waals surface area contributed by atoms with Gasteiger partial charge in [-0.25, -0.2) is 19.5 Å². The fourth-order valence-corrected chi connectivity index (χ4v) is 5.45. The van der Waals surface area contributed by atoms with E-state index in [0.29, 0.717) is 38.8 Å². The molecular formula is C33H24Cl2FN5O2S. The van der Waals surface area contributed by atoms with E-state index in [4.69, 9.17) is 32.7 Å². The lowest BCUT2D eigenvalue weighted by Crippen LogP contribution is -2.35. The topological polar surface area (TPSA) is 84.5 Å². The number of halogens is 3. The summed E-state index contributed by atoms with van der Waals surface area (Å²) in [6.07, 6.45) is 1.92. The van der Waals surface area contributed by atoms with Crippen molar-refractivity contribution >= 4 is 62.6 Å². The number of ketones is 1. The number of aliphatic imine (C=N–C) groups is 1. The second-order valence-electron chi connectivity index (χ2n) is 9.62. The lowest BCUT2D eigenvalue weighted by atomic mass is 10.1. The summed E-state index contributed by atoms with van der Waals surface area (Å²) in [5, 5.41) is 6.75. The summed E-state index contributed by atoms with van der Waals surface area (Å²) in [5.74, 6) is -0.0252. The average molecular weight is 645 g/mol. The van der Waals surface area contributed by atoms with E-state index in [-0.39, 0.29) is 17.2 Å². The van der Waals surface area contributed by atoms with Crippen molar-refractivity contribution in [1.82, 2.24) is 20.6 Å².